The van der Waals surface area contributed by atoms with Gasteiger partial charge in [-0.25, -0.2) is 0 Å². The molecule has 1 unspecified atom stereocenters. The number of amides is 1. The lowest BCUT2D eigenvalue weighted by atomic mass is 10.0. The third-order valence-corrected chi connectivity index (χ3v) is 4.79. The molecule has 1 atom stereocenters. The third kappa shape index (κ3) is 19.0. The van der Waals surface area contributed by atoms with E-state index in [0.717, 1.165) is 38.5 Å². The van der Waals surface area contributed by atoms with Crippen LogP contribution >= 0.6 is 0 Å². The molecule has 0 radical (unpaired) electrons. The highest BCUT2D eigenvalue weighted by Gasteiger charge is 2.12. The topological polar surface area (TPSA) is 104 Å². The van der Waals surface area contributed by atoms with Gasteiger partial charge in [-0.2, -0.15) is 0 Å². The fourth-order valence-corrected chi connectivity index (χ4v) is 3.06. The van der Waals surface area contributed by atoms with Gasteiger partial charge in [-0.05, 0) is 19.8 Å². The molecule has 158 valence electrons. The number of aliphatic carboxylic acids is 2. The summed E-state index contributed by atoms with van der Waals surface area (Å²) in [5.74, 6) is -1.86. The zero-order valence-electron chi connectivity index (χ0n) is 17.0. The van der Waals surface area contributed by atoms with Crippen LogP contribution in [0.4, 0.5) is 0 Å². The van der Waals surface area contributed by atoms with Crippen molar-refractivity contribution in [1.82, 2.24) is 5.32 Å². The van der Waals surface area contributed by atoms with E-state index in [-0.39, 0.29) is 5.91 Å². The van der Waals surface area contributed by atoms with Crippen molar-refractivity contribution >= 4 is 17.8 Å². The molecule has 0 heterocycles. The largest absolute Gasteiger partial charge is 0.481 e. The Morgan fingerprint density at radius 2 is 0.963 bits per heavy atom. The van der Waals surface area contributed by atoms with Gasteiger partial charge in [0.25, 0.3) is 0 Å². The number of carbonyl (C=O) groups is 3. The van der Waals surface area contributed by atoms with Crippen molar-refractivity contribution in [1.29, 1.82) is 0 Å². The van der Waals surface area contributed by atoms with Crippen molar-refractivity contribution in [3.8, 4) is 0 Å². The lowest BCUT2D eigenvalue weighted by Crippen LogP contribution is -2.38. The number of hydrogen-bond donors (Lipinski definition) is 3. The van der Waals surface area contributed by atoms with Crippen LogP contribution in [-0.4, -0.2) is 34.1 Å². The maximum atomic E-state index is 11.5. The van der Waals surface area contributed by atoms with E-state index in [0.29, 0.717) is 12.8 Å². The van der Waals surface area contributed by atoms with Gasteiger partial charge in [-0.3, -0.25) is 14.4 Å². The Bertz CT molecular complexity index is 411. The summed E-state index contributed by atoms with van der Waals surface area (Å²) in [6.45, 7) is 1.47. The van der Waals surface area contributed by atoms with Crippen molar-refractivity contribution < 1.29 is 24.6 Å². The van der Waals surface area contributed by atoms with Crippen molar-refractivity contribution in [3.05, 3.63) is 0 Å². The highest BCUT2D eigenvalue weighted by molar-refractivity contribution is 5.83. The summed E-state index contributed by atoms with van der Waals surface area (Å²) in [4.78, 5) is 32.5. The van der Waals surface area contributed by atoms with Gasteiger partial charge in [0, 0.05) is 12.8 Å². The molecular weight excluding hydrogens is 346 g/mol. The third-order valence-electron chi connectivity index (χ3n) is 4.79. The summed E-state index contributed by atoms with van der Waals surface area (Å²) < 4.78 is 0. The average Bonchev–Trinajstić information content (AvgIpc) is 2.60. The van der Waals surface area contributed by atoms with E-state index in [2.05, 4.69) is 5.32 Å². The summed E-state index contributed by atoms with van der Waals surface area (Å²) in [7, 11) is 0. The number of nitrogens with one attached hydrogen (secondary N) is 1. The van der Waals surface area contributed by atoms with E-state index in [4.69, 9.17) is 10.2 Å². The second kappa shape index (κ2) is 17.8. The van der Waals surface area contributed by atoms with Gasteiger partial charge in [0.15, 0.2) is 0 Å². The second-order valence-corrected chi connectivity index (χ2v) is 7.47. The highest BCUT2D eigenvalue weighted by Crippen LogP contribution is 2.13. The maximum absolute atomic E-state index is 11.5. The second-order valence-electron chi connectivity index (χ2n) is 7.47. The van der Waals surface area contributed by atoms with Crippen molar-refractivity contribution in [2.24, 2.45) is 0 Å². The molecule has 0 fully saturated rings. The molecule has 0 aromatic rings. The Kier molecular flexibility index (Phi) is 16.8. The average molecular weight is 386 g/mol. The quantitative estimate of drug-likeness (QED) is 0.274. The van der Waals surface area contributed by atoms with Crippen LogP contribution in [0.15, 0.2) is 0 Å². The molecule has 0 bridgehead atoms. The van der Waals surface area contributed by atoms with Crippen molar-refractivity contribution in [3.63, 3.8) is 0 Å². The molecule has 6 nitrogen and oxygen atoms in total. The molecule has 6 heteroatoms. The molecule has 0 rings (SSSR count). The summed E-state index contributed by atoms with van der Waals surface area (Å²) in [5, 5.41) is 19.7. The number of rotatable bonds is 19. The van der Waals surface area contributed by atoms with Gasteiger partial charge >= 0.3 is 11.9 Å². The molecule has 0 aliphatic carbocycles. The monoisotopic (exact) mass is 385 g/mol. The van der Waals surface area contributed by atoms with E-state index >= 15 is 0 Å². The zero-order valence-corrected chi connectivity index (χ0v) is 17.0. The molecule has 3 N–H and O–H groups in total. The standard InChI is InChI=1S/C21H39NO5/c1-18(21(26)27)22-19(23)16-14-12-10-8-6-4-2-3-5-7-9-11-13-15-17-20(24)25/h18H,2-17H2,1H3,(H,22,23)(H,24,25)(H,26,27). The van der Waals surface area contributed by atoms with E-state index in [1.807, 2.05) is 0 Å². The molecule has 27 heavy (non-hydrogen) atoms. The van der Waals surface area contributed by atoms with Gasteiger partial charge in [0.2, 0.25) is 5.91 Å². The minimum atomic E-state index is -1.00. The molecule has 0 saturated carbocycles. The Morgan fingerprint density at radius 3 is 1.30 bits per heavy atom. The van der Waals surface area contributed by atoms with E-state index in [1.165, 1.54) is 58.3 Å². The minimum absolute atomic E-state index is 0.174. The molecule has 1 amide bonds. The molecule has 0 aromatic carbocycles. The maximum Gasteiger partial charge on any atom is 0.325 e. The fourth-order valence-electron chi connectivity index (χ4n) is 3.06. The van der Waals surface area contributed by atoms with Gasteiger partial charge in [-0.15, -0.1) is 0 Å². The normalized spacial score (nSPS) is 11.9. The Morgan fingerprint density at radius 1 is 0.630 bits per heavy atom. The smallest absolute Gasteiger partial charge is 0.325 e. The summed E-state index contributed by atoms with van der Waals surface area (Å²) in [5.41, 5.74) is 0. The Labute approximate surface area is 164 Å². The van der Waals surface area contributed by atoms with Crippen LogP contribution in [0.2, 0.25) is 0 Å². The molecular formula is C21H39NO5. The number of carboxylic acid groups (broad SMARTS) is 2. The molecule has 0 saturated heterocycles. The summed E-state index contributed by atoms with van der Waals surface area (Å²) in [6, 6.07) is -0.811. The van der Waals surface area contributed by atoms with Gasteiger partial charge < -0.3 is 15.5 Å². The number of unbranched alkanes of at least 4 members (excludes halogenated alkanes) is 13. The summed E-state index contributed by atoms with van der Waals surface area (Å²) >= 11 is 0. The SMILES string of the molecule is CC(NC(=O)CCCCCCCCCCCCCCCCC(=O)O)C(=O)O. The van der Waals surface area contributed by atoms with Crippen LogP contribution in [-0.2, 0) is 14.4 Å². The van der Waals surface area contributed by atoms with E-state index in [9.17, 15) is 14.4 Å². The first kappa shape index (κ1) is 25.4. The molecule has 0 aliphatic heterocycles. The van der Waals surface area contributed by atoms with Gasteiger partial charge in [0.1, 0.15) is 6.04 Å². The van der Waals surface area contributed by atoms with Crippen LogP contribution in [0.1, 0.15) is 110 Å². The van der Waals surface area contributed by atoms with Gasteiger partial charge in [0.05, 0.1) is 0 Å². The van der Waals surface area contributed by atoms with Crippen molar-refractivity contribution in [2.45, 2.75) is 116 Å². The van der Waals surface area contributed by atoms with Crippen LogP contribution in [0.3, 0.4) is 0 Å². The van der Waals surface area contributed by atoms with Crippen LogP contribution < -0.4 is 5.32 Å². The fraction of sp³-hybridized carbons (Fsp3) is 0.857. The van der Waals surface area contributed by atoms with Gasteiger partial charge in [-0.1, -0.05) is 77.0 Å². The van der Waals surface area contributed by atoms with Crippen LogP contribution in [0.25, 0.3) is 0 Å². The predicted molar refractivity (Wildman–Crippen MR) is 107 cm³/mol. The molecule has 0 aromatic heterocycles. The Balaban J connectivity index is 3.20. The first-order chi connectivity index (χ1) is 12.9. The molecule has 0 spiro atoms. The summed E-state index contributed by atoms with van der Waals surface area (Å²) in [6.07, 6.45) is 16.8. The number of carbonyl (C=O) groups excluding carboxylic acids is 1. The number of hydrogen-bond acceptors (Lipinski definition) is 3. The predicted octanol–water partition coefficient (Wildman–Crippen LogP) is 4.90. The van der Waals surface area contributed by atoms with E-state index in [1.54, 1.807) is 0 Å². The Hall–Kier alpha value is -1.59. The number of carboxylic acids is 2. The molecule has 0 aliphatic rings. The zero-order chi connectivity index (χ0) is 20.3. The highest BCUT2D eigenvalue weighted by atomic mass is 16.4. The van der Waals surface area contributed by atoms with Crippen molar-refractivity contribution in [2.75, 3.05) is 0 Å². The van der Waals surface area contributed by atoms with Crippen LogP contribution in [0, 0.1) is 0 Å². The first-order valence-electron chi connectivity index (χ1n) is 10.7. The lowest BCUT2D eigenvalue weighted by Gasteiger charge is -2.08. The lowest BCUT2D eigenvalue weighted by molar-refractivity contribution is -0.141. The van der Waals surface area contributed by atoms with E-state index < -0.39 is 18.0 Å². The minimum Gasteiger partial charge on any atom is -0.481 e. The first-order valence-corrected chi connectivity index (χ1v) is 10.7. The van der Waals surface area contributed by atoms with Crippen LogP contribution in [0.5, 0.6) is 0 Å².